The minimum atomic E-state index is -4.35. The molecular formula is C22H29F3N2O2. The van der Waals surface area contributed by atoms with Crippen molar-refractivity contribution in [1.82, 2.24) is 9.80 Å². The van der Waals surface area contributed by atoms with E-state index in [9.17, 15) is 22.8 Å². The van der Waals surface area contributed by atoms with Gasteiger partial charge in [0.1, 0.15) is 0 Å². The number of piperazine rings is 1. The summed E-state index contributed by atoms with van der Waals surface area (Å²) in [5.74, 6) is 0.543. The molecule has 1 aromatic rings. The summed E-state index contributed by atoms with van der Waals surface area (Å²) in [6.07, 6.45) is 1.25. The average molecular weight is 410 g/mol. The van der Waals surface area contributed by atoms with E-state index in [0.717, 1.165) is 30.5 Å². The van der Waals surface area contributed by atoms with E-state index in [2.05, 4.69) is 0 Å². The van der Waals surface area contributed by atoms with Crippen molar-refractivity contribution >= 4 is 11.8 Å². The second-order valence-electron chi connectivity index (χ2n) is 8.34. The Morgan fingerprint density at radius 3 is 2.00 bits per heavy atom. The molecule has 1 atom stereocenters. The van der Waals surface area contributed by atoms with Crippen LogP contribution in [0.15, 0.2) is 24.3 Å². The van der Waals surface area contributed by atoms with E-state index in [0.29, 0.717) is 38.5 Å². The average Bonchev–Trinajstić information content (AvgIpc) is 3.20. The van der Waals surface area contributed by atoms with Gasteiger partial charge in [-0.1, -0.05) is 31.9 Å². The molecule has 0 radical (unpaired) electrons. The summed E-state index contributed by atoms with van der Waals surface area (Å²) in [6, 6.07) is 5.01. The van der Waals surface area contributed by atoms with Crippen LogP contribution < -0.4 is 0 Å². The third kappa shape index (κ3) is 5.73. The molecule has 4 nitrogen and oxygen atoms in total. The highest BCUT2D eigenvalue weighted by Gasteiger charge is 2.31. The number of carbonyl (C=O) groups is 2. The Balaban J connectivity index is 1.46. The molecule has 1 saturated heterocycles. The highest BCUT2D eigenvalue weighted by molar-refractivity contribution is 5.79. The van der Waals surface area contributed by atoms with Gasteiger partial charge < -0.3 is 9.80 Å². The van der Waals surface area contributed by atoms with Crippen molar-refractivity contribution in [3.63, 3.8) is 0 Å². The first-order valence-electron chi connectivity index (χ1n) is 10.5. The molecular weight excluding hydrogens is 381 g/mol. The van der Waals surface area contributed by atoms with E-state index >= 15 is 0 Å². The lowest BCUT2D eigenvalue weighted by atomic mass is 9.96. The Bertz CT molecular complexity index is 704. The molecule has 1 aliphatic heterocycles. The van der Waals surface area contributed by atoms with E-state index in [1.165, 1.54) is 25.0 Å². The first-order valence-corrected chi connectivity index (χ1v) is 10.5. The maximum atomic E-state index is 12.7. The fourth-order valence-corrected chi connectivity index (χ4v) is 4.31. The van der Waals surface area contributed by atoms with Crippen LogP contribution in [-0.2, 0) is 15.8 Å². The van der Waals surface area contributed by atoms with Crippen LogP contribution in [0.3, 0.4) is 0 Å². The van der Waals surface area contributed by atoms with E-state index in [1.807, 2.05) is 11.8 Å². The maximum Gasteiger partial charge on any atom is 0.416 e. The van der Waals surface area contributed by atoms with Crippen molar-refractivity contribution in [2.45, 2.75) is 57.5 Å². The molecule has 1 saturated carbocycles. The van der Waals surface area contributed by atoms with E-state index in [1.54, 1.807) is 4.90 Å². The standard InChI is InChI=1S/C22H29F3N2O2/c1-16(18-6-8-19(9-7-18)22(23,24)25)14-20(28)26-10-12-27(13-11-26)21(29)15-17-4-2-3-5-17/h6-9,16-17H,2-5,10-15H2,1H3. The first kappa shape index (κ1) is 21.7. The third-order valence-corrected chi connectivity index (χ3v) is 6.21. The van der Waals surface area contributed by atoms with Crippen molar-refractivity contribution in [3.8, 4) is 0 Å². The number of alkyl halides is 3. The maximum absolute atomic E-state index is 12.7. The molecule has 2 amide bonds. The summed E-state index contributed by atoms with van der Waals surface area (Å²) >= 11 is 0. The lowest BCUT2D eigenvalue weighted by molar-refractivity contribution is -0.140. The molecule has 3 rings (SSSR count). The lowest BCUT2D eigenvalue weighted by Crippen LogP contribution is -2.51. The number of nitrogens with zero attached hydrogens (tertiary/aromatic N) is 2. The molecule has 0 aromatic heterocycles. The molecule has 2 fully saturated rings. The molecule has 1 aromatic carbocycles. The molecule has 0 N–H and O–H groups in total. The lowest BCUT2D eigenvalue weighted by Gasteiger charge is -2.35. The zero-order chi connectivity index (χ0) is 21.0. The van der Waals surface area contributed by atoms with Gasteiger partial charge in [-0.05, 0) is 42.4 Å². The van der Waals surface area contributed by atoms with Gasteiger partial charge in [0.25, 0.3) is 0 Å². The normalized spacial score (nSPS) is 19.4. The zero-order valence-corrected chi connectivity index (χ0v) is 16.9. The molecule has 29 heavy (non-hydrogen) atoms. The minimum Gasteiger partial charge on any atom is -0.339 e. The van der Waals surface area contributed by atoms with Crippen LogP contribution in [0.1, 0.15) is 62.5 Å². The second kappa shape index (κ2) is 9.18. The van der Waals surface area contributed by atoms with Crippen molar-refractivity contribution in [3.05, 3.63) is 35.4 Å². The van der Waals surface area contributed by atoms with Gasteiger partial charge in [-0.3, -0.25) is 9.59 Å². The molecule has 2 aliphatic rings. The van der Waals surface area contributed by atoms with Gasteiger partial charge in [0.2, 0.25) is 11.8 Å². The molecule has 0 bridgehead atoms. The number of benzene rings is 1. The quantitative estimate of drug-likeness (QED) is 0.720. The van der Waals surface area contributed by atoms with Gasteiger partial charge in [0.05, 0.1) is 5.56 Å². The van der Waals surface area contributed by atoms with Crippen LogP contribution in [0.5, 0.6) is 0 Å². The Morgan fingerprint density at radius 1 is 0.966 bits per heavy atom. The topological polar surface area (TPSA) is 40.6 Å². The summed E-state index contributed by atoms with van der Waals surface area (Å²) in [7, 11) is 0. The van der Waals surface area contributed by atoms with E-state index in [-0.39, 0.29) is 24.2 Å². The van der Waals surface area contributed by atoms with Crippen molar-refractivity contribution in [1.29, 1.82) is 0 Å². The van der Waals surface area contributed by atoms with Crippen LogP contribution >= 0.6 is 0 Å². The molecule has 1 aliphatic carbocycles. The highest BCUT2D eigenvalue weighted by Crippen LogP contribution is 2.31. The summed E-state index contributed by atoms with van der Waals surface area (Å²) in [4.78, 5) is 28.7. The summed E-state index contributed by atoms with van der Waals surface area (Å²) < 4.78 is 38.1. The Kier molecular flexibility index (Phi) is 6.85. The van der Waals surface area contributed by atoms with Gasteiger partial charge >= 0.3 is 6.18 Å². The van der Waals surface area contributed by atoms with Crippen molar-refractivity contribution in [2.24, 2.45) is 5.92 Å². The summed E-state index contributed by atoms with van der Waals surface area (Å²) in [5, 5.41) is 0. The van der Waals surface area contributed by atoms with E-state index in [4.69, 9.17) is 0 Å². The largest absolute Gasteiger partial charge is 0.416 e. The zero-order valence-electron chi connectivity index (χ0n) is 16.9. The summed E-state index contributed by atoms with van der Waals surface area (Å²) in [6.45, 7) is 4.02. The fraction of sp³-hybridized carbons (Fsp3) is 0.636. The van der Waals surface area contributed by atoms with Gasteiger partial charge in [0, 0.05) is 39.0 Å². The summed E-state index contributed by atoms with van der Waals surface area (Å²) in [5.41, 5.74) is 0.0369. The Labute approximate surface area is 170 Å². The van der Waals surface area contributed by atoms with Gasteiger partial charge in [-0.15, -0.1) is 0 Å². The number of hydrogen-bond acceptors (Lipinski definition) is 2. The van der Waals surface area contributed by atoms with Crippen LogP contribution in [0.2, 0.25) is 0 Å². The molecule has 1 unspecified atom stereocenters. The monoisotopic (exact) mass is 410 g/mol. The predicted octanol–water partition coefficient (Wildman–Crippen LogP) is 4.45. The SMILES string of the molecule is CC(CC(=O)N1CCN(C(=O)CC2CCCC2)CC1)c1ccc(C(F)(F)F)cc1. The van der Waals surface area contributed by atoms with Crippen LogP contribution in [0, 0.1) is 5.92 Å². The van der Waals surface area contributed by atoms with Gasteiger partial charge in [0.15, 0.2) is 0 Å². The number of halogens is 3. The third-order valence-electron chi connectivity index (χ3n) is 6.21. The smallest absolute Gasteiger partial charge is 0.339 e. The van der Waals surface area contributed by atoms with E-state index < -0.39 is 11.7 Å². The number of hydrogen-bond donors (Lipinski definition) is 0. The minimum absolute atomic E-state index is 0.0136. The fourth-order valence-electron chi connectivity index (χ4n) is 4.31. The second-order valence-corrected chi connectivity index (χ2v) is 8.34. The molecule has 1 heterocycles. The number of carbonyl (C=O) groups excluding carboxylic acids is 2. The number of amides is 2. The van der Waals surface area contributed by atoms with Crippen LogP contribution in [0.25, 0.3) is 0 Å². The van der Waals surface area contributed by atoms with Gasteiger partial charge in [-0.2, -0.15) is 13.2 Å². The van der Waals surface area contributed by atoms with Gasteiger partial charge in [-0.25, -0.2) is 0 Å². The van der Waals surface area contributed by atoms with Crippen LogP contribution in [0.4, 0.5) is 13.2 Å². The molecule has 7 heteroatoms. The Hall–Kier alpha value is -2.05. The first-order chi connectivity index (χ1) is 13.7. The predicted molar refractivity (Wildman–Crippen MR) is 104 cm³/mol. The molecule has 0 spiro atoms. The van der Waals surface area contributed by atoms with Crippen molar-refractivity contribution in [2.75, 3.05) is 26.2 Å². The van der Waals surface area contributed by atoms with Crippen molar-refractivity contribution < 1.29 is 22.8 Å². The molecule has 160 valence electrons. The van der Waals surface area contributed by atoms with Crippen LogP contribution in [-0.4, -0.2) is 47.8 Å². The number of rotatable bonds is 5. The Morgan fingerprint density at radius 2 is 1.48 bits per heavy atom. The highest BCUT2D eigenvalue weighted by atomic mass is 19.4.